The van der Waals surface area contributed by atoms with Crippen LogP contribution in [0, 0.1) is 0 Å². The first-order chi connectivity index (χ1) is 9.74. The largest absolute Gasteiger partial charge is 0.494 e. The lowest BCUT2D eigenvalue weighted by Gasteiger charge is -2.09. The summed E-state index contributed by atoms with van der Waals surface area (Å²) in [5.41, 5.74) is -1.15. The Morgan fingerprint density at radius 3 is 2.48 bits per heavy atom. The number of nitrogens with zero attached hydrogens (tertiary/aromatic N) is 1. The van der Waals surface area contributed by atoms with Crippen molar-refractivity contribution in [1.29, 1.82) is 0 Å². The van der Waals surface area contributed by atoms with Crippen molar-refractivity contribution in [2.24, 2.45) is 0 Å². The van der Waals surface area contributed by atoms with Gasteiger partial charge in [-0.25, -0.2) is 9.48 Å². The van der Waals surface area contributed by atoms with Gasteiger partial charge in [-0.3, -0.25) is 14.4 Å². The van der Waals surface area contributed by atoms with Crippen molar-refractivity contribution in [1.82, 2.24) is 9.78 Å². The Hall–Kier alpha value is -2.59. The fourth-order valence-electron chi connectivity index (χ4n) is 1.69. The maximum absolute atomic E-state index is 11.8. The quantitative estimate of drug-likeness (QED) is 0.681. The average molecular weight is 314 g/mol. The predicted octanol–water partition coefficient (Wildman–Crippen LogP) is 0.119. The molecule has 2 rings (SSSR count). The zero-order chi connectivity index (χ0) is 15.8. The Morgan fingerprint density at radius 1 is 1.33 bits per heavy atom. The summed E-state index contributed by atoms with van der Waals surface area (Å²) < 4.78 is 37.1. The smallest absolute Gasteiger partial charge is 0.353 e. The van der Waals surface area contributed by atoms with Gasteiger partial charge < -0.3 is 9.84 Å². The van der Waals surface area contributed by atoms with Gasteiger partial charge in [-0.05, 0) is 18.2 Å². The first-order valence-corrected chi connectivity index (χ1v) is 6.89. The molecule has 112 valence electrons. The molecule has 10 heteroatoms. The summed E-state index contributed by atoms with van der Waals surface area (Å²) in [6.45, 7) is 0. The van der Waals surface area contributed by atoms with Crippen LogP contribution in [0.3, 0.4) is 0 Å². The van der Waals surface area contributed by atoms with Crippen molar-refractivity contribution in [2.75, 3.05) is 7.11 Å². The van der Waals surface area contributed by atoms with Crippen LogP contribution in [0.2, 0.25) is 0 Å². The lowest BCUT2D eigenvalue weighted by molar-refractivity contribution is 0.0690. The summed E-state index contributed by atoms with van der Waals surface area (Å²) in [5.74, 6) is -1.24. The molecule has 0 saturated carbocycles. The summed E-state index contributed by atoms with van der Waals surface area (Å²) >= 11 is 0. The predicted molar refractivity (Wildman–Crippen MR) is 69.7 cm³/mol. The molecule has 0 bridgehead atoms. The molecule has 0 unspecified atom stereocenters. The second kappa shape index (κ2) is 5.07. The Kier molecular flexibility index (Phi) is 3.58. The van der Waals surface area contributed by atoms with E-state index >= 15 is 0 Å². The van der Waals surface area contributed by atoms with Crippen molar-refractivity contribution in [3.05, 3.63) is 40.3 Å². The van der Waals surface area contributed by atoms with E-state index in [0.29, 0.717) is 0 Å². The van der Waals surface area contributed by atoms with Crippen LogP contribution in [0.4, 0.5) is 0 Å². The Labute approximate surface area is 118 Å². The molecule has 0 atom stereocenters. The van der Waals surface area contributed by atoms with Crippen molar-refractivity contribution in [2.45, 2.75) is 4.90 Å². The third-order valence-corrected chi connectivity index (χ3v) is 3.49. The second-order valence-corrected chi connectivity index (χ2v) is 5.38. The van der Waals surface area contributed by atoms with E-state index < -0.39 is 26.5 Å². The number of hydrogen-bond donors (Lipinski definition) is 3. The van der Waals surface area contributed by atoms with Gasteiger partial charge in [-0.15, -0.1) is 0 Å². The number of carbonyl (C=O) groups is 1. The minimum atomic E-state index is -4.48. The SMILES string of the molecule is COc1ccc(S(=O)(=O)O)cc1-n1[nH]c(C(=O)O)cc1=O. The lowest BCUT2D eigenvalue weighted by Crippen LogP contribution is -2.15. The number of methoxy groups -OCH3 is 1. The minimum absolute atomic E-state index is 0.0508. The number of benzene rings is 1. The number of hydrogen-bond acceptors (Lipinski definition) is 5. The monoisotopic (exact) mass is 314 g/mol. The molecule has 0 aliphatic heterocycles. The van der Waals surface area contributed by atoms with E-state index in [1.807, 2.05) is 0 Å². The lowest BCUT2D eigenvalue weighted by atomic mass is 10.3. The van der Waals surface area contributed by atoms with Crippen LogP contribution < -0.4 is 10.3 Å². The second-order valence-electron chi connectivity index (χ2n) is 3.96. The molecule has 3 N–H and O–H groups in total. The van der Waals surface area contributed by atoms with Gasteiger partial charge in [-0.2, -0.15) is 8.42 Å². The molecule has 2 aromatic rings. The molecule has 0 aliphatic rings. The Morgan fingerprint density at radius 2 is 2.00 bits per heavy atom. The molecule has 0 amide bonds. The van der Waals surface area contributed by atoms with E-state index in [-0.39, 0.29) is 17.1 Å². The highest BCUT2D eigenvalue weighted by atomic mass is 32.2. The van der Waals surface area contributed by atoms with Crippen LogP contribution in [-0.2, 0) is 10.1 Å². The number of carboxylic acids is 1. The third-order valence-electron chi connectivity index (χ3n) is 2.64. The van der Waals surface area contributed by atoms with Gasteiger partial charge in [0.1, 0.15) is 17.1 Å². The Bertz CT molecular complexity index is 863. The number of aromatic amines is 1. The van der Waals surface area contributed by atoms with Crippen LogP contribution in [0.5, 0.6) is 5.75 Å². The number of carboxylic acid groups (broad SMARTS) is 1. The van der Waals surface area contributed by atoms with Crippen LogP contribution in [0.1, 0.15) is 10.5 Å². The summed E-state index contributed by atoms with van der Waals surface area (Å²) in [4.78, 5) is 22.1. The minimum Gasteiger partial charge on any atom is -0.494 e. The Balaban J connectivity index is 2.72. The van der Waals surface area contributed by atoms with Gasteiger partial charge in [-0.1, -0.05) is 0 Å². The van der Waals surface area contributed by atoms with E-state index in [9.17, 15) is 18.0 Å². The summed E-state index contributed by atoms with van der Waals surface area (Å²) in [5, 5.41) is 11.1. The molecule has 0 aliphatic carbocycles. The topological polar surface area (TPSA) is 139 Å². The van der Waals surface area contributed by atoms with Crippen LogP contribution in [0.25, 0.3) is 5.69 Å². The van der Waals surface area contributed by atoms with E-state index in [0.717, 1.165) is 22.9 Å². The first-order valence-electron chi connectivity index (χ1n) is 5.45. The zero-order valence-corrected chi connectivity index (χ0v) is 11.4. The number of nitrogens with one attached hydrogen (secondary N) is 1. The van der Waals surface area contributed by atoms with Gasteiger partial charge in [0.2, 0.25) is 0 Å². The fraction of sp³-hybridized carbons (Fsp3) is 0.0909. The van der Waals surface area contributed by atoms with Crippen molar-refractivity contribution >= 4 is 16.1 Å². The van der Waals surface area contributed by atoms with Crippen molar-refractivity contribution in [3.8, 4) is 11.4 Å². The van der Waals surface area contributed by atoms with Gasteiger partial charge in [0.15, 0.2) is 0 Å². The van der Waals surface area contributed by atoms with Crippen LogP contribution in [0.15, 0.2) is 34.0 Å². The highest BCUT2D eigenvalue weighted by Gasteiger charge is 2.17. The molecule has 0 radical (unpaired) electrons. The maximum Gasteiger partial charge on any atom is 0.353 e. The number of rotatable bonds is 4. The van der Waals surface area contributed by atoms with Crippen LogP contribution in [-0.4, -0.2) is 40.9 Å². The molecule has 0 spiro atoms. The van der Waals surface area contributed by atoms with Gasteiger partial charge in [0.25, 0.3) is 15.7 Å². The maximum atomic E-state index is 11.8. The fourth-order valence-corrected chi connectivity index (χ4v) is 2.19. The molecular weight excluding hydrogens is 304 g/mol. The summed E-state index contributed by atoms with van der Waals surface area (Å²) in [6, 6.07) is 4.13. The standard InChI is InChI=1S/C11H10N2O7S/c1-20-9-3-2-6(21(17,18)19)4-8(9)13-10(14)5-7(12-13)11(15)16/h2-5,12H,1H3,(H,15,16)(H,17,18,19). The molecular formula is C11H10N2O7S. The average Bonchev–Trinajstić information content (AvgIpc) is 2.79. The zero-order valence-electron chi connectivity index (χ0n) is 10.6. The summed E-state index contributed by atoms with van der Waals surface area (Å²) in [7, 11) is -3.19. The number of aromatic carboxylic acids is 1. The summed E-state index contributed by atoms with van der Waals surface area (Å²) in [6.07, 6.45) is 0. The molecule has 1 aromatic heterocycles. The normalized spacial score (nSPS) is 11.3. The third kappa shape index (κ3) is 2.80. The molecule has 1 heterocycles. The van der Waals surface area contributed by atoms with E-state index in [1.165, 1.54) is 13.2 Å². The van der Waals surface area contributed by atoms with Gasteiger partial charge >= 0.3 is 5.97 Å². The number of aromatic nitrogens is 2. The van der Waals surface area contributed by atoms with Crippen LogP contribution >= 0.6 is 0 Å². The molecule has 9 nitrogen and oxygen atoms in total. The van der Waals surface area contributed by atoms with Crippen molar-refractivity contribution in [3.63, 3.8) is 0 Å². The van der Waals surface area contributed by atoms with E-state index in [2.05, 4.69) is 5.10 Å². The molecule has 0 fully saturated rings. The highest BCUT2D eigenvalue weighted by molar-refractivity contribution is 7.85. The van der Waals surface area contributed by atoms with E-state index in [4.69, 9.17) is 14.4 Å². The van der Waals surface area contributed by atoms with E-state index in [1.54, 1.807) is 0 Å². The highest BCUT2D eigenvalue weighted by Crippen LogP contribution is 2.24. The first kappa shape index (κ1) is 14.8. The van der Waals surface area contributed by atoms with Crippen molar-refractivity contribution < 1.29 is 27.6 Å². The number of ether oxygens (including phenoxy) is 1. The van der Waals surface area contributed by atoms with Gasteiger partial charge in [0.05, 0.1) is 12.0 Å². The molecule has 21 heavy (non-hydrogen) atoms. The van der Waals surface area contributed by atoms with Gasteiger partial charge in [0, 0.05) is 6.07 Å². The molecule has 0 saturated heterocycles. The number of H-pyrrole nitrogens is 1. The molecule has 1 aromatic carbocycles.